The van der Waals surface area contributed by atoms with Crippen LogP contribution in [0, 0.1) is 0 Å². The zero-order chi connectivity index (χ0) is 9.24. The summed E-state index contributed by atoms with van der Waals surface area (Å²) >= 11 is 0. The van der Waals surface area contributed by atoms with Crippen molar-refractivity contribution in [2.45, 2.75) is 70.9 Å². The number of hydrogen-bond donors (Lipinski definition) is 1. The second kappa shape index (κ2) is 3.37. The SMILES string of the molecule is CC1(C)CCCCCC(C)(C)N1. The van der Waals surface area contributed by atoms with Gasteiger partial charge in [-0.3, -0.25) is 0 Å². The third kappa shape index (κ3) is 3.14. The average Bonchev–Trinajstić information content (AvgIpc) is 1.80. The minimum atomic E-state index is 0.337. The number of rotatable bonds is 0. The lowest BCUT2D eigenvalue weighted by Gasteiger charge is -2.39. The Morgan fingerprint density at radius 2 is 1.17 bits per heavy atom. The molecule has 0 aromatic rings. The summed E-state index contributed by atoms with van der Waals surface area (Å²) in [5.74, 6) is 0. The van der Waals surface area contributed by atoms with Gasteiger partial charge in [0.2, 0.25) is 0 Å². The minimum Gasteiger partial charge on any atom is -0.307 e. The van der Waals surface area contributed by atoms with Gasteiger partial charge >= 0.3 is 0 Å². The van der Waals surface area contributed by atoms with Crippen molar-refractivity contribution >= 4 is 0 Å². The second-order valence-corrected chi connectivity index (χ2v) is 5.45. The smallest absolute Gasteiger partial charge is 0.0130 e. The van der Waals surface area contributed by atoms with Gasteiger partial charge in [0.1, 0.15) is 0 Å². The molecule has 1 nitrogen and oxygen atoms in total. The zero-order valence-electron chi connectivity index (χ0n) is 9.04. The van der Waals surface area contributed by atoms with Crippen LogP contribution in [0.2, 0.25) is 0 Å². The molecule has 0 bridgehead atoms. The topological polar surface area (TPSA) is 12.0 Å². The Kier molecular flexibility index (Phi) is 2.82. The molecule has 0 saturated carbocycles. The van der Waals surface area contributed by atoms with Crippen LogP contribution in [0.1, 0.15) is 59.8 Å². The molecule has 1 fully saturated rings. The van der Waals surface area contributed by atoms with Crippen LogP contribution in [-0.4, -0.2) is 11.1 Å². The summed E-state index contributed by atoms with van der Waals surface area (Å²) in [5, 5.41) is 3.73. The fourth-order valence-electron chi connectivity index (χ4n) is 2.35. The van der Waals surface area contributed by atoms with Crippen molar-refractivity contribution in [1.82, 2.24) is 5.32 Å². The van der Waals surface area contributed by atoms with Gasteiger partial charge in [0.25, 0.3) is 0 Å². The van der Waals surface area contributed by atoms with Crippen molar-refractivity contribution < 1.29 is 0 Å². The molecule has 1 aliphatic heterocycles. The van der Waals surface area contributed by atoms with Gasteiger partial charge < -0.3 is 5.32 Å². The van der Waals surface area contributed by atoms with E-state index >= 15 is 0 Å². The van der Waals surface area contributed by atoms with Crippen LogP contribution in [0.15, 0.2) is 0 Å². The number of hydrogen-bond acceptors (Lipinski definition) is 1. The number of nitrogens with one attached hydrogen (secondary N) is 1. The quantitative estimate of drug-likeness (QED) is 0.587. The first kappa shape index (κ1) is 10.0. The van der Waals surface area contributed by atoms with E-state index in [4.69, 9.17) is 0 Å². The molecule has 1 rings (SSSR count). The maximum Gasteiger partial charge on any atom is 0.0130 e. The lowest BCUT2D eigenvalue weighted by Crippen LogP contribution is -2.52. The first-order valence-electron chi connectivity index (χ1n) is 5.21. The Bertz CT molecular complexity index is 131. The molecule has 12 heavy (non-hydrogen) atoms. The predicted molar refractivity (Wildman–Crippen MR) is 54.4 cm³/mol. The lowest BCUT2D eigenvalue weighted by molar-refractivity contribution is 0.212. The van der Waals surface area contributed by atoms with Crippen LogP contribution in [0.5, 0.6) is 0 Å². The third-order valence-electron chi connectivity index (χ3n) is 2.78. The van der Waals surface area contributed by atoms with Crippen molar-refractivity contribution in [2.24, 2.45) is 0 Å². The Labute approximate surface area is 76.9 Å². The molecule has 0 radical (unpaired) electrons. The highest BCUT2D eigenvalue weighted by Crippen LogP contribution is 2.25. The third-order valence-corrected chi connectivity index (χ3v) is 2.78. The second-order valence-electron chi connectivity index (χ2n) is 5.45. The molecule has 0 aromatic heterocycles. The van der Waals surface area contributed by atoms with Gasteiger partial charge in [-0.2, -0.15) is 0 Å². The molecular formula is C11H23N. The Morgan fingerprint density at radius 1 is 0.750 bits per heavy atom. The molecule has 1 N–H and O–H groups in total. The van der Waals surface area contributed by atoms with Crippen LogP contribution in [0.4, 0.5) is 0 Å². The van der Waals surface area contributed by atoms with Gasteiger partial charge in [-0.05, 0) is 40.5 Å². The van der Waals surface area contributed by atoms with Crippen LogP contribution < -0.4 is 5.32 Å². The van der Waals surface area contributed by atoms with E-state index in [9.17, 15) is 0 Å². The monoisotopic (exact) mass is 169 g/mol. The van der Waals surface area contributed by atoms with E-state index < -0.39 is 0 Å². The molecule has 0 unspecified atom stereocenters. The maximum absolute atomic E-state index is 3.73. The van der Waals surface area contributed by atoms with Crippen LogP contribution in [0.3, 0.4) is 0 Å². The summed E-state index contributed by atoms with van der Waals surface area (Å²) < 4.78 is 0. The van der Waals surface area contributed by atoms with E-state index in [-0.39, 0.29) is 0 Å². The molecule has 1 saturated heterocycles. The Morgan fingerprint density at radius 3 is 1.58 bits per heavy atom. The molecule has 0 spiro atoms. The van der Waals surface area contributed by atoms with E-state index in [0.29, 0.717) is 11.1 Å². The van der Waals surface area contributed by atoms with Crippen LogP contribution in [0.25, 0.3) is 0 Å². The zero-order valence-corrected chi connectivity index (χ0v) is 9.04. The highest BCUT2D eigenvalue weighted by molar-refractivity contribution is 4.89. The van der Waals surface area contributed by atoms with Crippen molar-refractivity contribution in [3.63, 3.8) is 0 Å². The molecule has 1 aliphatic rings. The van der Waals surface area contributed by atoms with Gasteiger partial charge in [-0.15, -0.1) is 0 Å². The molecule has 0 aliphatic carbocycles. The van der Waals surface area contributed by atoms with Crippen LogP contribution in [-0.2, 0) is 0 Å². The molecule has 72 valence electrons. The van der Waals surface area contributed by atoms with Crippen molar-refractivity contribution in [2.75, 3.05) is 0 Å². The summed E-state index contributed by atoms with van der Waals surface area (Å²) in [6.45, 7) is 9.28. The molecular weight excluding hydrogens is 146 g/mol. The Hall–Kier alpha value is -0.0400. The molecule has 1 heterocycles. The van der Waals surface area contributed by atoms with E-state index in [1.165, 1.54) is 32.1 Å². The fraction of sp³-hybridized carbons (Fsp3) is 1.00. The standard InChI is InChI=1S/C11H23N/c1-10(2)8-6-5-7-9-11(3,4)12-10/h12H,5-9H2,1-4H3. The minimum absolute atomic E-state index is 0.337. The summed E-state index contributed by atoms with van der Waals surface area (Å²) in [4.78, 5) is 0. The largest absolute Gasteiger partial charge is 0.307 e. The van der Waals surface area contributed by atoms with E-state index in [1.807, 2.05) is 0 Å². The van der Waals surface area contributed by atoms with Crippen molar-refractivity contribution in [1.29, 1.82) is 0 Å². The molecule has 0 atom stereocenters. The summed E-state index contributed by atoms with van der Waals surface area (Å²) in [5.41, 5.74) is 0.674. The van der Waals surface area contributed by atoms with Crippen LogP contribution >= 0.6 is 0 Å². The average molecular weight is 169 g/mol. The van der Waals surface area contributed by atoms with E-state index in [1.54, 1.807) is 0 Å². The van der Waals surface area contributed by atoms with Crippen molar-refractivity contribution in [3.8, 4) is 0 Å². The maximum atomic E-state index is 3.73. The normalized spacial score (nSPS) is 29.0. The highest BCUT2D eigenvalue weighted by atomic mass is 15.0. The molecule has 0 aromatic carbocycles. The first-order valence-corrected chi connectivity index (χ1v) is 5.21. The van der Waals surface area contributed by atoms with Gasteiger partial charge in [0, 0.05) is 11.1 Å². The van der Waals surface area contributed by atoms with Crippen molar-refractivity contribution in [3.05, 3.63) is 0 Å². The summed E-state index contributed by atoms with van der Waals surface area (Å²) in [6.07, 6.45) is 6.81. The fourth-order valence-corrected chi connectivity index (χ4v) is 2.35. The van der Waals surface area contributed by atoms with Gasteiger partial charge in [-0.25, -0.2) is 0 Å². The predicted octanol–water partition coefficient (Wildman–Crippen LogP) is 3.10. The van der Waals surface area contributed by atoms with Gasteiger partial charge in [0.05, 0.1) is 0 Å². The highest BCUT2D eigenvalue weighted by Gasteiger charge is 2.28. The molecule has 1 heteroatoms. The summed E-state index contributed by atoms with van der Waals surface area (Å²) in [7, 11) is 0. The van der Waals surface area contributed by atoms with Gasteiger partial charge in [0.15, 0.2) is 0 Å². The van der Waals surface area contributed by atoms with E-state index in [2.05, 4.69) is 33.0 Å². The van der Waals surface area contributed by atoms with Gasteiger partial charge in [-0.1, -0.05) is 19.3 Å². The first-order chi connectivity index (χ1) is 5.41. The Balaban J connectivity index is 2.58. The van der Waals surface area contributed by atoms with E-state index in [0.717, 1.165) is 0 Å². The summed E-state index contributed by atoms with van der Waals surface area (Å²) in [6, 6.07) is 0. The lowest BCUT2D eigenvalue weighted by atomic mass is 9.86. The molecule has 0 amide bonds.